The molecule has 1 saturated heterocycles. The van der Waals surface area contributed by atoms with Crippen molar-refractivity contribution in [3.63, 3.8) is 0 Å². The van der Waals surface area contributed by atoms with Gasteiger partial charge in [-0.05, 0) is 71.8 Å². The van der Waals surface area contributed by atoms with Crippen molar-refractivity contribution in [2.45, 2.75) is 98.2 Å². The van der Waals surface area contributed by atoms with Gasteiger partial charge >= 0.3 is 6.09 Å². The van der Waals surface area contributed by atoms with Crippen molar-refractivity contribution in [2.75, 3.05) is 31.6 Å². The summed E-state index contributed by atoms with van der Waals surface area (Å²) in [5.74, 6) is 1.58. The molecule has 2 aromatic rings. The van der Waals surface area contributed by atoms with Crippen molar-refractivity contribution >= 4 is 20.1 Å². The number of hydrogen-bond acceptors (Lipinski definition) is 6. The Morgan fingerprint density at radius 3 is 2.21 bits per heavy atom. The molecule has 3 heterocycles. The fourth-order valence-electron chi connectivity index (χ4n) is 4.67. The van der Waals surface area contributed by atoms with Gasteiger partial charge in [-0.3, -0.25) is 4.90 Å². The molecule has 3 rings (SSSR count). The molecule has 0 saturated carbocycles. The molecule has 212 valence electrons. The van der Waals surface area contributed by atoms with Crippen LogP contribution < -0.4 is 9.64 Å². The van der Waals surface area contributed by atoms with Gasteiger partial charge in [0.1, 0.15) is 17.2 Å². The molecule has 1 aliphatic heterocycles. The third-order valence-corrected chi connectivity index (χ3v) is 12.3. The average Bonchev–Trinajstić information content (AvgIpc) is 3.13. The van der Waals surface area contributed by atoms with Gasteiger partial charge in [-0.1, -0.05) is 20.8 Å². The summed E-state index contributed by atoms with van der Waals surface area (Å²) < 4.78 is 20.6. The fourth-order valence-corrected chi connectivity index (χ4v) is 6.11. The number of hydrogen-bond donors (Lipinski definition) is 0. The smallest absolute Gasteiger partial charge is 0.410 e. The number of ether oxygens (including phenoxy) is 2. The maximum atomic E-state index is 13.3. The molecule has 0 radical (unpaired) electrons. The number of amides is 1. The van der Waals surface area contributed by atoms with E-state index in [-0.39, 0.29) is 23.3 Å². The van der Waals surface area contributed by atoms with E-state index in [0.29, 0.717) is 19.6 Å². The lowest BCUT2D eigenvalue weighted by Gasteiger charge is -2.47. The highest BCUT2D eigenvalue weighted by atomic mass is 28.4. The van der Waals surface area contributed by atoms with E-state index >= 15 is 0 Å². The quantitative estimate of drug-likeness (QED) is 0.396. The first-order chi connectivity index (χ1) is 17.4. The minimum absolute atomic E-state index is 0.0596. The first-order valence-corrected chi connectivity index (χ1v) is 16.5. The minimum atomic E-state index is -2.07. The summed E-state index contributed by atoms with van der Waals surface area (Å²) >= 11 is 0. The minimum Gasteiger partial charge on any atom is -0.494 e. The molecule has 1 amide bonds. The van der Waals surface area contributed by atoms with Gasteiger partial charge in [0.2, 0.25) is 0 Å². The number of pyridine rings is 1. The Hall–Kier alpha value is -2.52. The SMILES string of the molecule is COc1cc(-n2c(C)ccc2C)ncc1N1CCN(C(=O)OC(C)(C)C)[C@@H]([C@@H](C)O[Si](C)(C)C(C)(C)C)C1. The van der Waals surface area contributed by atoms with Crippen LogP contribution in [0.5, 0.6) is 5.75 Å². The second-order valence-electron chi connectivity index (χ2n) is 12.9. The lowest BCUT2D eigenvalue weighted by Crippen LogP contribution is -2.61. The number of methoxy groups -OCH3 is 1. The summed E-state index contributed by atoms with van der Waals surface area (Å²) in [5.41, 5.74) is 2.58. The van der Waals surface area contributed by atoms with Crippen LogP contribution in [0.4, 0.5) is 10.5 Å². The molecule has 1 aliphatic rings. The first kappa shape index (κ1) is 30.0. The molecule has 9 heteroatoms. The van der Waals surface area contributed by atoms with Gasteiger partial charge in [-0.15, -0.1) is 0 Å². The molecule has 0 unspecified atom stereocenters. The van der Waals surface area contributed by atoms with E-state index in [4.69, 9.17) is 18.9 Å². The van der Waals surface area contributed by atoms with Gasteiger partial charge in [-0.25, -0.2) is 9.78 Å². The van der Waals surface area contributed by atoms with E-state index in [1.54, 1.807) is 7.11 Å². The number of anilines is 1. The van der Waals surface area contributed by atoms with Gasteiger partial charge in [0.15, 0.2) is 8.32 Å². The predicted octanol–water partition coefficient (Wildman–Crippen LogP) is 6.33. The summed E-state index contributed by atoms with van der Waals surface area (Å²) in [6.07, 6.45) is 1.41. The van der Waals surface area contributed by atoms with Gasteiger partial charge in [0.05, 0.1) is 31.1 Å². The van der Waals surface area contributed by atoms with Gasteiger partial charge < -0.3 is 23.4 Å². The van der Waals surface area contributed by atoms with Crippen molar-refractivity contribution in [3.8, 4) is 11.6 Å². The van der Waals surface area contributed by atoms with E-state index in [0.717, 1.165) is 28.6 Å². The number of carbonyl (C=O) groups excluding carboxylic acids is 1. The van der Waals surface area contributed by atoms with Crippen LogP contribution in [0.3, 0.4) is 0 Å². The summed E-state index contributed by atoms with van der Waals surface area (Å²) in [6.45, 7) is 24.9. The highest BCUT2D eigenvalue weighted by molar-refractivity contribution is 6.74. The van der Waals surface area contributed by atoms with Crippen LogP contribution >= 0.6 is 0 Å². The molecule has 0 spiro atoms. The van der Waals surface area contributed by atoms with E-state index in [1.807, 2.05) is 37.9 Å². The number of aromatic nitrogens is 2. The third kappa shape index (κ3) is 6.54. The molecule has 0 aromatic carbocycles. The van der Waals surface area contributed by atoms with Crippen molar-refractivity contribution in [3.05, 3.63) is 35.8 Å². The van der Waals surface area contributed by atoms with Crippen molar-refractivity contribution in [2.24, 2.45) is 0 Å². The van der Waals surface area contributed by atoms with Gasteiger partial charge in [0, 0.05) is 37.1 Å². The zero-order valence-corrected chi connectivity index (χ0v) is 26.5. The Labute approximate surface area is 230 Å². The molecule has 0 bridgehead atoms. The number of nitrogens with zero attached hydrogens (tertiary/aromatic N) is 4. The number of carbonyl (C=O) groups is 1. The monoisotopic (exact) mass is 544 g/mol. The lowest BCUT2D eigenvalue weighted by molar-refractivity contribution is -0.00352. The van der Waals surface area contributed by atoms with Crippen molar-refractivity contribution in [1.82, 2.24) is 14.5 Å². The van der Waals surface area contributed by atoms with E-state index in [9.17, 15) is 4.79 Å². The summed E-state index contributed by atoms with van der Waals surface area (Å²) in [4.78, 5) is 22.2. The Bertz CT molecular complexity index is 1110. The lowest BCUT2D eigenvalue weighted by atomic mass is 10.1. The van der Waals surface area contributed by atoms with Crippen LogP contribution in [-0.4, -0.2) is 73.4 Å². The van der Waals surface area contributed by atoms with Crippen LogP contribution in [0.1, 0.15) is 59.9 Å². The Kier molecular flexibility index (Phi) is 8.63. The van der Waals surface area contributed by atoms with Crippen LogP contribution in [0, 0.1) is 13.8 Å². The van der Waals surface area contributed by atoms with Crippen LogP contribution in [0.25, 0.3) is 5.82 Å². The standard InChI is InChI=1S/C29H48N4O4Si/c1-20-13-14-21(2)33(20)26-17-25(35-10)23(18-30-26)31-15-16-32(27(34)36-28(4,5)6)24(19-31)22(3)37-38(11,12)29(7,8)9/h13-14,17-18,22,24H,15-16,19H2,1-12H3/t22-,24-/m1/s1. The fraction of sp³-hybridized carbons (Fsp3) is 0.655. The highest BCUT2D eigenvalue weighted by Crippen LogP contribution is 2.39. The summed E-state index contributed by atoms with van der Waals surface area (Å²) in [5, 5.41) is 0.0596. The predicted molar refractivity (Wildman–Crippen MR) is 156 cm³/mol. The van der Waals surface area contributed by atoms with Crippen LogP contribution in [0.15, 0.2) is 24.4 Å². The second-order valence-corrected chi connectivity index (χ2v) is 17.7. The summed E-state index contributed by atoms with van der Waals surface area (Å²) in [6, 6.07) is 5.97. The first-order valence-electron chi connectivity index (χ1n) is 13.6. The van der Waals surface area contributed by atoms with Crippen molar-refractivity contribution in [1.29, 1.82) is 0 Å². The zero-order valence-electron chi connectivity index (χ0n) is 25.5. The highest BCUT2D eigenvalue weighted by Gasteiger charge is 2.43. The van der Waals surface area contributed by atoms with Gasteiger partial charge in [0.25, 0.3) is 0 Å². The number of rotatable bonds is 6. The third-order valence-electron chi connectivity index (χ3n) is 7.77. The second kappa shape index (κ2) is 10.9. The molecule has 0 N–H and O–H groups in total. The molecule has 8 nitrogen and oxygen atoms in total. The summed E-state index contributed by atoms with van der Waals surface area (Å²) in [7, 11) is -0.378. The maximum absolute atomic E-state index is 13.3. The molecule has 38 heavy (non-hydrogen) atoms. The van der Waals surface area contributed by atoms with E-state index in [2.05, 4.69) is 76.2 Å². The zero-order chi connectivity index (χ0) is 28.6. The number of piperazine rings is 1. The molecule has 2 atom stereocenters. The maximum Gasteiger partial charge on any atom is 0.410 e. The Morgan fingerprint density at radius 2 is 1.68 bits per heavy atom. The van der Waals surface area contributed by atoms with Crippen molar-refractivity contribution < 1.29 is 18.7 Å². The average molecular weight is 545 g/mol. The topological polar surface area (TPSA) is 69.1 Å². The molecule has 1 fully saturated rings. The molecule has 0 aliphatic carbocycles. The Morgan fingerprint density at radius 1 is 1.08 bits per heavy atom. The van der Waals surface area contributed by atoms with E-state index < -0.39 is 13.9 Å². The van der Waals surface area contributed by atoms with E-state index in [1.165, 1.54) is 0 Å². The largest absolute Gasteiger partial charge is 0.494 e. The number of aryl methyl sites for hydroxylation is 2. The molecular weight excluding hydrogens is 496 g/mol. The van der Waals surface area contributed by atoms with Crippen LogP contribution in [0.2, 0.25) is 18.1 Å². The van der Waals surface area contributed by atoms with Crippen LogP contribution in [-0.2, 0) is 9.16 Å². The Balaban J connectivity index is 1.94. The molecular formula is C29H48N4O4Si. The normalized spacial score (nSPS) is 17.9. The molecule has 2 aromatic heterocycles. The van der Waals surface area contributed by atoms with Gasteiger partial charge in [-0.2, -0.15) is 0 Å².